The Balaban J connectivity index is 0. The van der Waals surface area contributed by atoms with Gasteiger partial charge in [0.1, 0.15) is 5.75 Å². The molecule has 0 aliphatic heterocycles. The monoisotopic (exact) mass is 238 g/mol. The van der Waals surface area contributed by atoms with E-state index >= 15 is 0 Å². The molecule has 14 heavy (non-hydrogen) atoms. The maximum Gasteiger partial charge on any atom is 0.146 e. The molecule has 0 unspecified atom stereocenters. The Morgan fingerprint density at radius 3 is 2.07 bits per heavy atom. The van der Waals surface area contributed by atoms with Crippen molar-refractivity contribution in [1.82, 2.24) is 0 Å². The molecule has 0 heterocycles. The molecule has 0 fully saturated rings. The smallest absolute Gasteiger partial charge is 0.146 e. The average Bonchev–Trinajstić information content (AvgIpc) is 2.01. The molecule has 1 aromatic rings. The largest absolute Gasteiger partial charge is 0.494 e. The lowest BCUT2D eigenvalue weighted by molar-refractivity contribution is 0.414. The third-order valence-electron chi connectivity index (χ3n) is 2.01. The zero-order chi connectivity index (χ0) is 9.30. The Kier molecular flexibility index (Phi) is 6.52. The van der Waals surface area contributed by atoms with Crippen LogP contribution >= 0.6 is 24.8 Å². The van der Waals surface area contributed by atoms with Gasteiger partial charge in [-0.15, -0.1) is 24.8 Å². The number of hydrogen-bond acceptors (Lipinski definition) is 3. The van der Waals surface area contributed by atoms with Crippen molar-refractivity contribution in [3.05, 3.63) is 17.2 Å². The van der Waals surface area contributed by atoms with E-state index in [2.05, 4.69) is 0 Å². The highest BCUT2D eigenvalue weighted by Gasteiger charge is 2.08. The van der Waals surface area contributed by atoms with Crippen LogP contribution in [0.1, 0.15) is 11.1 Å². The summed E-state index contributed by atoms with van der Waals surface area (Å²) in [5.41, 5.74) is 14.8. The molecular formula is C9H16Cl2N2O. The summed E-state index contributed by atoms with van der Waals surface area (Å²) in [6.45, 7) is 3.83. The van der Waals surface area contributed by atoms with Gasteiger partial charge in [-0.3, -0.25) is 0 Å². The fourth-order valence-electron chi connectivity index (χ4n) is 1.28. The van der Waals surface area contributed by atoms with E-state index in [9.17, 15) is 0 Å². The molecule has 4 N–H and O–H groups in total. The molecule has 0 spiro atoms. The fourth-order valence-corrected chi connectivity index (χ4v) is 1.28. The first-order chi connectivity index (χ1) is 5.57. The summed E-state index contributed by atoms with van der Waals surface area (Å²) < 4.78 is 5.11. The number of anilines is 2. The van der Waals surface area contributed by atoms with Crippen LogP contribution in [0, 0.1) is 13.8 Å². The average molecular weight is 239 g/mol. The van der Waals surface area contributed by atoms with Crippen LogP contribution in [0.5, 0.6) is 5.75 Å². The van der Waals surface area contributed by atoms with Gasteiger partial charge in [0, 0.05) is 11.3 Å². The maximum absolute atomic E-state index is 5.79. The van der Waals surface area contributed by atoms with Crippen LogP contribution in [0.4, 0.5) is 11.4 Å². The maximum atomic E-state index is 5.79. The number of ether oxygens (including phenoxy) is 1. The first kappa shape index (κ1) is 15.7. The molecule has 0 aromatic heterocycles. The van der Waals surface area contributed by atoms with Gasteiger partial charge in [0.05, 0.1) is 12.8 Å². The van der Waals surface area contributed by atoms with Gasteiger partial charge in [-0.2, -0.15) is 0 Å². The number of benzene rings is 1. The second kappa shape index (κ2) is 5.83. The van der Waals surface area contributed by atoms with Gasteiger partial charge in [-0.25, -0.2) is 0 Å². The third kappa shape index (κ3) is 2.59. The molecule has 0 atom stereocenters. The van der Waals surface area contributed by atoms with E-state index < -0.39 is 0 Å². The molecule has 0 radical (unpaired) electrons. The molecule has 0 saturated heterocycles. The molecule has 1 rings (SSSR count). The Morgan fingerprint density at radius 2 is 1.64 bits per heavy atom. The second-order valence-corrected chi connectivity index (χ2v) is 2.85. The highest BCUT2D eigenvalue weighted by molar-refractivity contribution is 5.85. The molecule has 0 bridgehead atoms. The van der Waals surface area contributed by atoms with Gasteiger partial charge in [0.15, 0.2) is 0 Å². The number of hydrogen-bond donors (Lipinski definition) is 2. The predicted octanol–water partition coefficient (Wildman–Crippen LogP) is 2.32. The SMILES string of the molecule is COc1c(N)cc(C)c(N)c1C.Cl.Cl. The minimum Gasteiger partial charge on any atom is -0.494 e. The van der Waals surface area contributed by atoms with Gasteiger partial charge >= 0.3 is 0 Å². The zero-order valence-corrected chi connectivity index (χ0v) is 10.1. The second-order valence-electron chi connectivity index (χ2n) is 2.85. The topological polar surface area (TPSA) is 61.3 Å². The Labute approximate surface area is 96.6 Å². The van der Waals surface area contributed by atoms with Crippen molar-refractivity contribution in [1.29, 1.82) is 0 Å². The molecular weight excluding hydrogens is 223 g/mol. The van der Waals surface area contributed by atoms with E-state index in [4.69, 9.17) is 16.2 Å². The summed E-state index contributed by atoms with van der Waals surface area (Å²) >= 11 is 0. The van der Waals surface area contributed by atoms with E-state index in [0.717, 1.165) is 16.8 Å². The summed E-state index contributed by atoms with van der Waals surface area (Å²) in [5.74, 6) is 0.679. The van der Waals surface area contributed by atoms with Crippen LogP contribution < -0.4 is 16.2 Å². The van der Waals surface area contributed by atoms with E-state index in [-0.39, 0.29) is 24.8 Å². The minimum atomic E-state index is 0. The van der Waals surface area contributed by atoms with Crippen LogP contribution in [-0.2, 0) is 0 Å². The first-order valence-corrected chi connectivity index (χ1v) is 3.77. The molecule has 3 nitrogen and oxygen atoms in total. The van der Waals surface area contributed by atoms with Crippen molar-refractivity contribution < 1.29 is 4.74 Å². The van der Waals surface area contributed by atoms with Crippen LogP contribution in [0.15, 0.2) is 6.07 Å². The standard InChI is InChI=1S/C9H14N2O.2ClH/c1-5-4-7(10)9(12-3)6(2)8(5)11;;/h4H,10-11H2,1-3H3;2*1H. The number of nitrogens with two attached hydrogens (primary N) is 2. The lowest BCUT2D eigenvalue weighted by Gasteiger charge is -2.12. The van der Waals surface area contributed by atoms with Crippen LogP contribution in [0.2, 0.25) is 0 Å². The quantitative estimate of drug-likeness (QED) is 0.739. The highest BCUT2D eigenvalue weighted by atomic mass is 35.5. The fraction of sp³-hybridized carbons (Fsp3) is 0.333. The van der Waals surface area contributed by atoms with Crippen LogP contribution in [0.25, 0.3) is 0 Å². The number of rotatable bonds is 1. The lowest BCUT2D eigenvalue weighted by Crippen LogP contribution is -2.01. The van der Waals surface area contributed by atoms with E-state index in [0.29, 0.717) is 11.4 Å². The van der Waals surface area contributed by atoms with Gasteiger partial charge in [-0.05, 0) is 25.5 Å². The summed E-state index contributed by atoms with van der Waals surface area (Å²) in [7, 11) is 1.59. The first-order valence-electron chi connectivity index (χ1n) is 3.77. The number of halogens is 2. The van der Waals surface area contributed by atoms with E-state index in [1.807, 2.05) is 19.9 Å². The van der Waals surface area contributed by atoms with Crippen LogP contribution in [0.3, 0.4) is 0 Å². The molecule has 0 saturated carbocycles. The van der Waals surface area contributed by atoms with E-state index in [1.54, 1.807) is 7.11 Å². The normalized spacial score (nSPS) is 8.50. The van der Waals surface area contributed by atoms with Gasteiger partial charge in [0.2, 0.25) is 0 Å². The molecule has 5 heteroatoms. The van der Waals surface area contributed by atoms with Crippen molar-refractivity contribution in [2.45, 2.75) is 13.8 Å². The van der Waals surface area contributed by atoms with Crippen molar-refractivity contribution in [2.75, 3.05) is 18.6 Å². The summed E-state index contributed by atoms with van der Waals surface area (Å²) in [6, 6.07) is 1.82. The van der Waals surface area contributed by atoms with Crippen molar-refractivity contribution in [3.63, 3.8) is 0 Å². The Morgan fingerprint density at radius 1 is 1.14 bits per heavy atom. The predicted molar refractivity (Wildman–Crippen MR) is 65.8 cm³/mol. The summed E-state index contributed by atoms with van der Waals surface area (Å²) in [4.78, 5) is 0. The van der Waals surface area contributed by atoms with Gasteiger partial charge in [-0.1, -0.05) is 0 Å². The molecule has 1 aromatic carbocycles. The summed E-state index contributed by atoms with van der Waals surface area (Å²) in [6.07, 6.45) is 0. The molecule has 82 valence electrons. The number of nitrogen functional groups attached to an aromatic ring is 2. The third-order valence-corrected chi connectivity index (χ3v) is 2.01. The van der Waals surface area contributed by atoms with Crippen molar-refractivity contribution in [2.24, 2.45) is 0 Å². The van der Waals surface area contributed by atoms with E-state index in [1.165, 1.54) is 0 Å². The lowest BCUT2D eigenvalue weighted by atomic mass is 10.1. The van der Waals surface area contributed by atoms with Crippen LogP contribution in [-0.4, -0.2) is 7.11 Å². The molecule has 0 aliphatic carbocycles. The molecule has 0 amide bonds. The minimum absolute atomic E-state index is 0. The van der Waals surface area contributed by atoms with Crippen molar-refractivity contribution in [3.8, 4) is 5.75 Å². The van der Waals surface area contributed by atoms with Crippen molar-refractivity contribution >= 4 is 36.2 Å². The summed E-state index contributed by atoms with van der Waals surface area (Å²) in [5, 5.41) is 0. The Hall–Kier alpha value is -0.800. The molecule has 0 aliphatic rings. The number of methoxy groups -OCH3 is 1. The Bertz CT molecular complexity index is 316. The zero-order valence-electron chi connectivity index (χ0n) is 8.46. The van der Waals surface area contributed by atoms with Gasteiger partial charge < -0.3 is 16.2 Å². The van der Waals surface area contributed by atoms with Gasteiger partial charge in [0.25, 0.3) is 0 Å². The number of aryl methyl sites for hydroxylation is 1. The highest BCUT2D eigenvalue weighted by Crippen LogP contribution is 2.32.